The minimum Gasteiger partial charge on any atom is -0.310 e. The molecule has 0 saturated heterocycles. The minimum atomic E-state index is 0.576. The number of benzene rings is 1. The summed E-state index contributed by atoms with van der Waals surface area (Å²) in [6.45, 7) is 7.74. The van der Waals surface area contributed by atoms with E-state index in [2.05, 4.69) is 54.2 Å². The van der Waals surface area contributed by atoms with E-state index in [0.29, 0.717) is 6.04 Å². The maximum Gasteiger partial charge on any atom is 0.0356 e. The predicted octanol–water partition coefficient (Wildman–Crippen LogP) is 4.76. The summed E-state index contributed by atoms with van der Waals surface area (Å²) in [7, 11) is 0. The Hall–Kier alpha value is -0.340. The third kappa shape index (κ3) is 2.38. The molecule has 1 aromatic carbocycles. The van der Waals surface area contributed by atoms with Crippen LogP contribution in [0.2, 0.25) is 0 Å². The van der Waals surface area contributed by atoms with Crippen molar-refractivity contribution in [2.45, 2.75) is 46.1 Å². The Morgan fingerprint density at radius 3 is 2.53 bits per heavy atom. The predicted molar refractivity (Wildman–Crippen MR) is 84.4 cm³/mol. The number of hydrogen-bond acceptors (Lipinski definition) is 1. The van der Waals surface area contributed by atoms with Crippen molar-refractivity contribution < 1.29 is 0 Å². The third-order valence-corrected chi connectivity index (χ3v) is 6.02. The number of aryl methyl sites for hydroxylation is 2. The van der Waals surface area contributed by atoms with Crippen molar-refractivity contribution in [3.63, 3.8) is 0 Å². The molecule has 3 rings (SSSR count). The van der Waals surface area contributed by atoms with Crippen LogP contribution in [0.5, 0.6) is 0 Å². The van der Waals surface area contributed by atoms with Gasteiger partial charge < -0.3 is 5.32 Å². The molecule has 1 aromatic rings. The molecule has 1 nitrogen and oxygen atoms in total. The molecule has 2 fully saturated rings. The van der Waals surface area contributed by atoms with E-state index >= 15 is 0 Å². The van der Waals surface area contributed by atoms with Gasteiger partial charge in [0.05, 0.1) is 0 Å². The highest BCUT2D eigenvalue weighted by atomic mass is 79.9. The minimum absolute atomic E-state index is 0.576. The van der Waals surface area contributed by atoms with Crippen LogP contribution in [0, 0.1) is 31.6 Å². The van der Waals surface area contributed by atoms with Crippen LogP contribution in [-0.4, -0.2) is 6.54 Å². The highest BCUT2D eigenvalue weighted by Gasteiger charge is 2.56. The first-order valence-electron chi connectivity index (χ1n) is 7.63. The first-order valence-corrected chi connectivity index (χ1v) is 8.42. The van der Waals surface area contributed by atoms with Gasteiger partial charge in [0.15, 0.2) is 0 Å². The molecule has 2 heteroatoms. The molecule has 2 saturated carbocycles. The number of nitrogens with one attached hydrogen (secondary N) is 1. The van der Waals surface area contributed by atoms with E-state index in [4.69, 9.17) is 0 Å². The SMILES string of the molecule is CCNC(c1cc(C)c(Br)cc1C)C1C2CCCC21. The standard InChI is InChI=1S/C17H24BrN/c1-4-19-17(16-12-6-5-7-13(12)16)14-8-11(3)15(18)9-10(14)2/h8-9,12-13,16-17,19H,4-7H2,1-3H3. The molecule has 0 amide bonds. The first-order chi connectivity index (χ1) is 9.13. The Bertz CT molecular complexity index is 472. The molecule has 3 atom stereocenters. The van der Waals surface area contributed by atoms with Crippen LogP contribution in [0.25, 0.3) is 0 Å². The molecule has 1 N–H and O–H groups in total. The van der Waals surface area contributed by atoms with Crippen LogP contribution in [0.3, 0.4) is 0 Å². The van der Waals surface area contributed by atoms with E-state index in [1.807, 2.05) is 0 Å². The second kappa shape index (κ2) is 5.21. The maximum atomic E-state index is 3.76. The van der Waals surface area contributed by atoms with Crippen LogP contribution < -0.4 is 5.32 Å². The highest BCUT2D eigenvalue weighted by Crippen LogP contribution is 2.62. The highest BCUT2D eigenvalue weighted by molar-refractivity contribution is 9.10. The lowest BCUT2D eigenvalue weighted by Crippen LogP contribution is -2.25. The summed E-state index contributed by atoms with van der Waals surface area (Å²) in [4.78, 5) is 0. The van der Waals surface area contributed by atoms with Gasteiger partial charge in [0.25, 0.3) is 0 Å². The van der Waals surface area contributed by atoms with Gasteiger partial charge in [0.2, 0.25) is 0 Å². The van der Waals surface area contributed by atoms with E-state index in [1.54, 1.807) is 0 Å². The summed E-state index contributed by atoms with van der Waals surface area (Å²) in [6, 6.07) is 5.25. The average Bonchev–Trinajstić information content (AvgIpc) is 2.82. The molecule has 2 aliphatic rings. The lowest BCUT2D eigenvalue weighted by Gasteiger charge is -2.23. The van der Waals surface area contributed by atoms with Crippen LogP contribution in [-0.2, 0) is 0 Å². The molecule has 104 valence electrons. The van der Waals surface area contributed by atoms with Gasteiger partial charge in [-0.05, 0) is 73.7 Å². The first kappa shape index (κ1) is 13.6. The van der Waals surface area contributed by atoms with Crippen molar-refractivity contribution in [3.8, 4) is 0 Å². The van der Waals surface area contributed by atoms with Gasteiger partial charge in [-0.15, -0.1) is 0 Å². The quantitative estimate of drug-likeness (QED) is 0.842. The van der Waals surface area contributed by atoms with Crippen LogP contribution in [0.15, 0.2) is 16.6 Å². The van der Waals surface area contributed by atoms with Crippen molar-refractivity contribution in [3.05, 3.63) is 33.3 Å². The fraction of sp³-hybridized carbons (Fsp3) is 0.647. The fourth-order valence-electron chi connectivity index (χ4n) is 4.18. The Kier molecular flexibility index (Phi) is 3.74. The fourth-order valence-corrected chi connectivity index (χ4v) is 4.64. The van der Waals surface area contributed by atoms with Crippen molar-refractivity contribution in [2.75, 3.05) is 6.54 Å². The summed E-state index contributed by atoms with van der Waals surface area (Å²) in [5.41, 5.74) is 4.31. The van der Waals surface area contributed by atoms with Crippen molar-refractivity contribution in [1.29, 1.82) is 0 Å². The zero-order valence-electron chi connectivity index (χ0n) is 12.2. The summed E-state index contributed by atoms with van der Waals surface area (Å²) in [6.07, 6.45) is 4.39. The molecular weight excluding hydrogens is 298 g/mol. The number of fused-ring (bicyclic) bond motifs is 1. The van der Waals surface area contributed by atoms with Gasteiger partial charge in [-0.1, -0.05) is 35.3 Å². The van der Waals surface area contributed by atoms with Crippen molar-refractivity contribution in [1.82, 2.24) is 5.32 Å². The van der Waals surface area contributed by atoms with Gasteiger partial charge in [0, 0.05) is 10.5 Å². The third-order valence-electron chi connectivity index (χ3n) is 5.16. The molecule has 0 radical (unpaired) electrons. The van der Waals surface area contributed by atoms with E-state index in [9.17, 15) is 0 Å². The molecule has 0 aromatic heterocycles. The smallest absolute Gasteiger partial charge is 0.0356 e. The number of rotatable bonds is 4. The summed E-state index contributed by atoms with van der Waals surface area (Å²) in [5, 5.41) is 3.76. The largest absolute Gasteiger partial charge is 0.310 e. The van der Waals surface area contributed by atoms with E-state index in [1.165, 1.54) is 40.4 Å². The summed E-state index contributed by atoms with van der Waals surface area (Å²) < 4.78 is 1.24. The molecule has 19 heavy (non-hydrogen) atoms. The Morgan fingerprint density at radius 2 is 1.89 bits per heavy atom. The number of hydrogen-bond donors (Lipinski definition) is 1. The van der Waals surface area contributed by atoms with Crippen molar-refractivity contribution >= 4 is 15.9 Å². The maximum absolute atomic E-state index is 3.76. The van der Waals surface area contributed by atoms with E-state index in [0.717, 1.165) is 24.3 Å². The van der Waals surface area contributed by atoms with E-state index < -0.39 is 0 Å². The van der Waals surface area contributed by atoms with Gasteiger partial charge in [-0.25, -0.2) is 0 Å². The number of halogens is 1. The zero-order chi connectivity index (χ0) is 13.6. The van der Waals surface area contributed by atoms with Crippen LogP contribution in [0.1, 0.15) is 48.9 Å². The molecule has 0 spiro atoms. The Labute approximate surface area is 125 Å². The summed E-state index contributed by atoms with van der Waals surface area (Å²) in [5.74, 6) is 2.91. The van der Waals surface area contributed by atoms with Crippen molar-refractivity contribution in [2.24, 2.45) is 17.8 Å². The monoisotopic (exact) mass is 321 g/mol. The normalized spacial score (nSPS) is 30.2. The van der Waals surface area contributed by atoms with E-state index in [-0.39, 0.29) is 0 Å². The summed E-state index contributed by atoms with van der Waals surface area (Å²) >= 11 is 3.65. The molecule has 2 aliphatic carbocycles. The van der Waals surface area contributed by atoms with Crippen LogP contribution >= 0.6 is 15.9 Å². The Balaban J connectivity index is 1.90. The average molecular weight is 322 g/mol. The van der Waals surface area contributed by atoms with Gasteiger partial charge in [-0.2, -0.15) is 0 Å². The van der Waals surface area contributed by atoms with Crippen LogP contribution in [0.4, 0.5) is 0 Å². The van der Waals surface area contributed by atoms with Gasteiger partial charge >= 0.3 is 0 Å². The Morgan fingerprint density at radius 1 is 1.21 bits per heavy atom. The second-order valence-electron chi connectivity index (χ2n) is 6.33. The second-order valence-corrected chi connectivity index (χ2v) is 7.18. The lowest BCUT2D eigenvalue weighted by molar-refractivity contribution is 0.424. The topological polar surface area (TPSA) is 12.0 Å². The zero-order valence-corrected chi connectivity index (χ0v) is 13.8. The molecule has 0 aliphatic heterocycles. The molecule has 0 heterocycles. The lowest BCUT2D eigenvalue weighted by atomic mass is 9.92. The molecular formula is C17H24BrN. The molecule has 3 unspecified atom stereocenters. The molecule has 0 bridgehead atoms. The van der Waals surface area contributed by atoms with Gasteiger partial charge in [0.1, 0.15) is 0 Å². The van der Waals surface area contributed by atoms with Gasteiger partial charge in [-0.3, -0.25) is 0 Å².